The highest BCUT2D eigenvalue weighted by atomic mass is 35.5. The molecule has 6 nitrogen and oxygen atoms in total. The van der Waals surface area contributed by atoms with Gasteiger partial charge in [-0.25, -0.2) is 8.42 Å². The maximum absolute atomic E-state index is 12.2. The summed E-state index contributed by atoms with van der Waals surface area (Å²) in [5.41, 5.74) is 0.271. The van der Waals surface area contributed by atoms with Crippen molar-refractivity contribution < 1.29 is 13.2 Å². The number of hydrogen-bond acceptors (Lipinski definition) is 4. The van der Waals surface area contributed by atoms with Crippen LogP contribution in [0.25, 0.3) is 0 Å². The van der Waals surface area contributed by atoms with Crippen molar-refractivity contribution in [3.8, 4) is 0 Å². The number of rotatable bonds is 8. The minimum Gasteiger partial charge on any atom is -0.354 e. The average Bonchev–Trinajstić information content (AvgIpc) is 2.56. The molecule has 0 aromatic heterocycles. The highest BCUT2D eigenvalue weighted by Gasteiger charge is 2.21. The molecule has 1 fully saturated rings. The number of carbonyl (C=O) groups excluding carboxylic acids is 1. The number of nitrogens with zero attached hydrogens (tertiary/aromatic N) is 2. The van der Waals surface area contributed by atoms with Gasteiger partial charge >= 0.3 is 0 Å². The van der Waals surface area contributed by atoms with Crippen LogP contribution in [0.4, 0.5) is 5.69 Å². The van der Waals surface area contributed by atoms with E-state index in [4.69, 9.17) is 23.2 Å². The van der Waals surface area contributed by atoms with E-state index >= 15 is 0 Å². The Morgan fingerprint density at radius 1 is 1.22 bits per heavy atom. The molecule has 0 bridgehead atoms. The van der Waals surface area contributed by atoms with Gasteiger partial charge in [0.1, 0.15) is 6.54 Å². The zero-order valence-corrected chi connectivity index (χ0v) is 18.1. The van der Waals surface area contributed by atoms with E-state index in [-0.39, 0.29) is 18.1 Å². The van der Waals surface area contributed by atoms with Crippen LogP contribution in [0.15, 0.2) is 18.2 Å². The number of sulfonamides is 1. The summed E-state index contributed by atoms with van der Waals surface area (Å²) in [6, 6.07) is 4.45. The topological polar surface area (TPSA) is 69.7 Å². The number of nitrogens with one attached hydrogen (secondary N) is 1. The molecule has 152 valence electrons. The minimum atomic E-state index is -3.65. The molecule has 1 saturated heterocycles. The first-order valence-electron chi connectivity index (χ1n) is 9.08. The van der Waals surface area contributed by atoms with E-state index in [2.05, 4.69) is 17.1 Å². The Morgan fingerprint density at radius 3 is 2.37 bits per heavy atom. The van der Waals surface area contributed by atoms with E-state index in [1.54, 1.807) is 0 Å². The second-order valence-electron chi connectivity index (χ2n) is 7.12. The summed E-state index contributed by atoms with van der Waals surface area (Å²) < 4.78 is 25.2. The van der Waals surface area contributed by atoms with Crippen molar-refractivity contribution in [2.24, 2.45) is 5.92 Å². The lowest BCUT2D eigenvalue weighted by atomic mass is 9.99. The van der Waals surface area contributed by atoms with E-state index in [0.29, 0.717) is 16.6 Å². The standard InChI is InChI=1S/C18H27Cl2N3O3S/c1-14-4-8-22(9-5-14)7-3-6-21-18(24)13-23(27(2,25)26)17-11-15(19)10-16(20)12-17/h10-12,14H,3-9,13H2,1-2H3,(H,21,24). The van der Waals surface area contributed by atoms with Crippen LogP contribution < -0.4 is 9.62 Å². The molecule has 2 rings (SSSR count). The molecule has 9 heteroatoms. The van der Waals surface area contributed by atoms with Crippen molar-refractivity contribution in [3.05, 3.63) is 28.2 Å². The van der Waals surface area contributed by atoms with Crippen molar-refractivity contribution in [1.82, 2.24) is 10.2 Å². The fourth-order valence-corrected chi connectivity index (χ4v) is 4.44. The van der Waals surface area contributed by atoms with Crippen molar-refractivity contribution >= 4 is 44.8 Å². The Labute approximate surface area is 171 Å². The number of anilines is 1. The molecule has 1 amide bonds. The highest BCUT2D eigenvalue weighted by Crippen LogP contribution is 2.26. The maximum atomic E-state index is 12.2. The van der Waals surface area contributed by atoms with Gasteiger partial charge in [0.2, 0.25) is 15.9 Å². The summed E-state index contributed by atoms with van der Waals surface area (Å²) in [7, 11) is -3.65. The fourth-order valence-electron chi connectivity index (χ4n) is 3.09. The summed E-state index contributed by atoms with van der Waals surface area (Å²) in [5.74, 6) is 0.437. The summed E-state index contributed by atoms with van der Waals surface area (Å²) in [4.78, 5) is 14.6. The lowest BCUT2D eigenvalue weighted by Gasteiger charge is -2.30. The normalized spacial score (nSPS) is 16.3. The molecule has 0 spiro atoms. The van der Waals surface area contributed by atoms with E-state index in [1.165, 1.54) is 31.0 Å². The van der Waals surface area contributed by atoms with Crippen molar-refractivity contribution in [2.75, 3.05) is 43.3 Å². The van der Waals surface area contributed by atoms with Crippen LogP contribution in [0.2, 0.25) is 10.0 Å². The fraction of sp³-hybridized carbons (Fsp3) is 0.611. The van der Waals surface area contributed by atoms with Gasteiger partial charge < -0.3 is 10.2 Å². The second-order valence-corrected chi connectivity index (χ2v) is 9.90. The van der Waals surface area contributed by atoms with E-state index in [1.807, 2.05) is 0 Å². The molecule has 0 atom stereocenters. The number of amides is 1. The molecule has 1 aromatic rings. The number of likely N-dealkylation sites (tertiary alicyclic amines) is 1. The molecule has 1 aromatic carbocycles. The Bertz CT molecular complexity index is 730. The number of carbonyl (C=O) groups is 1. The molecular weight excluding hydrogens is 409 g/mol. The van der Waals surface area contributed by atoms with Crippen LogP contribution in [0.3, 0.4) is 0 Å². The summed E-state index contributed by atoms with van der Waals surface area (Å²) in [6.45, 7) is 5.62. The Balaban J connectivity index is 1.85. The van der Waals surface area contributed by atoms with E-state index in [9.17, 15) is 13.2 Å². The molecule has 0 saturated carbocycles. The van der Waals surface area contributed by atoms with Gasteiger partial charge in [-0.1, -0.05) is 30.1 Å². The Hall–Kier alpha value is -1.02. The lowest BCUT2D eigenvalue weighted by molar-refractivity contribution is -0.119. The number of halogens is 2. The predicted octanol–water partition coefficient (Wildman–Crippen LogP) is 3.00. The van der Waals surface area contributed by atoms with Gasteiger partial charge in [-0.2, -0.15) is 0 Å². The maximum Gasteiger partial charge on any atom is 0.240 e. The Kier molecular flexibility index (Phi) is 8.21. The zero-order valence-electron chi connectivity index (χ0n) is 15.7. The highest BCUT2D eigenvalue weighted by molar-refractivity contribution is 7.92. The zero-order chi connectivity index (χ0) is 20.0. The van der Waals surface area contributed by atoms with Gasteiger partial charge in [-0.05, 0) is 63.0 Å². The number of benzene rings is 1. The largest absolute Gasteiger partial charge is 0.354 e. The molecule has 1 N–H and O–H groups in total. The van der Waals surface area contributed by atoms with Gasteiger partial charge in [0, 0.05) is 16.6 Å². The first-order chi connectivity index (χ1) is 12.6. The van der Waals surface area contributed by atoms with Crippen molar-refractivity contribution in [2.45, 2.75) is 26.2 Å². The third-order valence-corrected chi connectivity index (χ3v) is 6.25. The molecule has 1 aliphatic heterocycles. The van der Waals surface area contributed by atoms with Gasteiger partial charge in [0.05, 0.1) is 11.9 Å². The average molecular weight is 436 g/mol. The van der Waals surface area contributed by atoms with Crippen LogP contribution in [0.5, 0.6) is 0 Å². The van der Waals surface area contributed by atoms with Gasteiger partial charge in [0.15, 0.2) is 0 Å². The number of hydrogen-bond donors (Lipinski definition) is 1. The van der Waals surface area contributed by atoms with Crippen LogP contribution in [0, 0.1) is 5.92 Å². The molecule has 0 aliphatic carbocycles. The van der Waals surface area contributed by atoms with Crippen LogP contribution in [0.1, 0.15) is 26.2 Å². The molecule has 1 aliphatic rings. The summed E-state index contributed by atoms with van der Waals surface area (Å²) in [6.07, 6.45) is 4.32. The lowest BCUT2D eigenvalue weighted by Crippen LogP contribution is -2.41. The van der Waals surface area contributed by atoms with E-state index in [0.717, 1.165) is 42.5 Å². The summed E-state index contributed by atoms with van der Waals surface area (Å²) >= 11 is 11.9. The quantitative estimate of drug-likeness (QED) is 0.637. The van der Waals surface area contributed by atoms with Gasteiger partial charge in [-0.15, -0.1) is 0 Å². The van der Waals surface area contributed by atoms with Crippen molar-refractivity contribution in [1.29, 1.82) is 0 Å². The molecule has 0 radical (unpaired) electrons. The molecule has 27 heavy (non-hydrogen) atoms. The third kappa shape index (κ3) is 7.49. The van der Waals surface area contributed by atoms with Gasteiger partial charge in [-0.3, -0.25) is 9.10 Å². The van der Waals surface area contributed by atoms with E-state index < -0.39 is 10.0 Å². The molecular formula is C18H27Cl2N3O3S. The van der Waals surface area contributed by atoms with Gasteiger partial charge in [0.25, 0.3) is 0 Å². The van der Waals surface area contributed by atoms with Crippen LogP contribution in [-0.4, -0.2) is 58.2 Å². The minimum absolute atomic E-state index is 0.271. The molecule has 0 unspecified atom stereocenters. The Morgan fingerprint density at radius 2 is 1.81 bits per heavy atom. The first kappa shape index (κ1) is 22.3. The predicted molar refractivity (Wildman–Crippen MR) is 111 cm³/mol. The monoisotopic (exact) mass is 435 g/mol. The SMILES string of the molecule is CC1CCN(CCCNC(=O)CN(c2cc(Cl)cc(Cl)c2)S(C)(=O)=O)CC1. The second kappa shape index (κ2) is 9.96. The smallest absolute Gasteiger partial charge is 0.240 e. The third-order valence-electron chi connectivity index (χ3n) is 4.67. The van der Waals surface area contributed by atoms with Crippen LogP contribution in [-0.2, 0) is 14.8 Å². The molecule has 1 heterocycles. The van der Waals surface area contributed by atoms with Crippen LogP contribution >= 0.6 is 23.2 Å². The van der Waals surface area contributed by atoms with Crippen molar-refractivity contribution in [3.63, 3.8) is 0 Å². The first-order valence-corrected chi connectivity index (χ1v) is 11.7. The number of piperidine rings is 1. The summed E-state index contributed by atoms with van der Waals surface area (Å²) in [5, 5.41) is 3.41.